The number of likely N-dealkylation sites (tertiary alicyclic amines) is 1. The van der Waals surface area contributed by atoms with Gasteiger partial charge in [-0.3, -0.25) is 0 Å². The van der Waals surface area contributed by atoms with Crippen LogP contribution in [0.3, 0.4) is 0 Å². The average molecular weight is 266 g/mol. The molecule has 2 nitrogen and oxygen atoms in total. The molecule has 19 heavy (non-hydrogen) atoms. The third-order valence-electron chi connectivity index (χ3n) is 4.49. The van der Waals surface area contributed by atoms with Gasteiger partial charge >= 0.3 is 0 Å². The molecule has 0 aromatic heterocycles. The minimum absolute atomic E-state index is 1.37. The minimum atomic E-state index is 1.37. The number of hydrogen-bond donors (Lipinski definition) is 0. The van der Waals surface area contributed by atoms with E-state index in [1.165, 1.54) is 94.9 Å². The van der Waals surface area contributed by atoms with Crippen LogP contribution in [0.1, 0.15) is 78.1 Å². The lowest BCUT2D eigenvalue weighted by Gasteiger charge is -2.42. The molecule has 0 amide bonds. The summed E-state index contributed by atoms with van der Waals surface area (Å²) in [5.41, 5.74) is 0. The highest BCUT2D eigenvalue weighted by molar-refractivity contribution is 4.55. The number of piperidine rings is 1. The van der Waals surface area contributed by atoms with Crippen molar-refractivity contribution in [3.05, 3.63) is 6.57 Å². The summed E-state index contributed by atoms with van der Waals surface area (Å²) in [5, 5.41) is 6.25. The van der Waals surface area contributed by atoms with E-state index >= 15 is 0 Å². The second kappa shape index (κ2) is 12.5. The first-order valence-corrected chi connectivity index (χ1v) is 8.40. The van der Waals surface area contributed by atoms with Crippen LogP contribution in [-0.2, 0) is 0 Å². The molecule has 1 fully saturated rings. The Bertz CT molecular complexity index is 205. The molecule has 0 aromatic rings. The van der Waals surface area contributed by atoms with E-state index in [1.807, 2.05) is 0 Å². The van der Waals surface area contributed by atoms with Crippen LogP contribution in [0, 0.1) is 11.8 Å². The average Bonchev–Trinajstić information content (AvgIpc) is 2.48. The van der Waals surface area contributed by atoms with Gasteiger partial charge in [0.1, 0.15) is 0 Å². The summed E-state index contributed by atoms with van der Waals surface area (Å²) < 4.78 is 1.47. The molecule has 0 spiro atoms. The van der Waals surface area contributed by atoms with E-state index in [1.54, 1.807) is 0 Å². The molecular formula is C17H34N2. The summed E-state index contributed by atoms with van der Waals surface area (Å²) in [4.78, 5) is 0. The number of unbranched alkanes of at least 4 members (excludes halogenated alkanes) is 5. The Labute approximate surface area is 121 Å². The van der Waals surface area contributed by atoms with E-state index < -0.39 is 0 Å². The Kier molecular flexibility index (Phi) is 12.1. The van der Waals surface area contributed by atoms with E-state index in [2.05, 4.69) is 13.8 Å². The van der Waals surface area contributed by atoms with Gasteiger partial charge in [-0.2, -0.15) is 0 Å². The first-order chi connectivity index (χ1) is 9.33. The first kappa shape index (κ1) is 18.4. The van der Waals surface area contributed by atoms with Crippen LogP contribution in [0.5, 0.6) is 0 Å². The third kappa shape index (κ3) is 8.26. The Balaban J connectivity index is 0.00000154. The van der Waals surface area contributed by atoms with E-state index in [0.717, 1.165) is 0 Å². The van der Waals surface area contributed by atoms with Crippen molar-refractivity contribution in [3.8, 4) is 0 Å². The summed E-state index contributed by atoms with van der Waals surface area (Å²) in [6.45, 7) is 15.3. The molecular weight excluding hydrogens is 232 g/mol. The monoisotopic (exact) mass is 266 g/mol. The van der Waals surface area contributed by atoms with Crippen molar-refractivity contribution in [2.45, 2.75) is 78.1 Å². The molecule has 1 rings (SSSR count). The molecule has 1 aliphatic rings. The van der Waals surface area contributed by atoms with Gasteiger partial charge in [0, 0.05) is 0 Å². The molecule has 0 N–H and O–H groups in total. The Hall–Kier alpha value is -0.550. The van der Waals surface area contributed by atoms with Crippen LogP contribution < -0.4 is 0 Å². The summed E-state index contributed by atoms with van der Waals surface area (Å²) >= 11 is 0. The van der Waals surface area contributed by atoms with Gasteiger partial charge in [-0.25, -0.2) is 0 Å². The summed E-state index contributed by atoms with van der Waals surface area (Å²) in [6, 6.07) is 0. The number of quaternary nitrogens is 1. The van der Waals surface area contributed by atoms with Crippen molar-refractivity contribution < 1.29 is 4.48 Å². The number of hydrogen-bond acceptors (Lipinski definition) is 1. The highest BCUT2D eigenvalue weighted by atomic mass is 15.3. The third-order valence-corrected chi connectivity index (χ3v) is 4.49. The van der Waals surface area contributed by atoms with Gasteiger partial charge in [0.05, 0.1) is 26.2 Å². The molecule has 0 saturated carbocycles. The van der Waals surface area contributed by atoms with Crippen molar-refractivity contribution in [2.24, 2.45) is 0 Å². The molecule has 1 aliphatic heterocycles. The molecule has 0 aliphatic carbocycles. The molecule has 0 aromatic carbocycles. The van der Waals surface area contributed by atoms with Gasteiger partial charge in [0.2, 0.25) is 0 Å². The zero-order valence-electron chi connectivity index (χ0n) is 13.3. The van der Waals surface area contributed by atoms with E-state index in [-0.39, 0.29) is 0 Å². The molecule has 112 valence electrons. The maximum atomic E-state index is 6.25. The topological polar surface area (TPSA) is 23.8 Å². The molecule has 0 bridgehead atoms. The zero-order chi connectivity index (χ0) is 14.4. The van der Waals surface area contributed by atoms with Crippen molar-refractivity contribution in [2.75, 3.05) is 26.2 Å². The lowest BCUT2D eigenvalue weighted by molar-refractivity contribution is -0.932. The summed E-state index contributed by atoms with van der Waals surface area (Å²) in [6.07, 6.45) is 14.5. The van der Waals surface area contributed by atoms with Crippen LogP contribution in [-0.4, -0.2) is 30.7 Å². The molecule has 1 saturated heterocycles. The van der Waals surface area contributed by atoms with Crippen molar-refractivity contribution in [1.82, 2.24) is 0 Å². The molecule has 0 atom stereocenters. The highest BCUT2D eigenvalue weighted by Gasteiger charge is 2.28. The van der Waals surface area contributed by atoms with Crippen LogP contribution in [0.2, 0.25) is 0 Å². The van der Waals surface area contributed by atoms with Gasteiger partial charge in [0.25, 0.3) is 0 Å². The maximum absolute atomic E-state index is 6.25. The fourth-order valence-electron chi connectivity index (χ4n) is 3.29. The minimum Gasteiger partial charge on any atom is -0.512 e. The second-order valence-electron chi connectivity index (χ2n) is 6.06. The van der Waals surface area contributed by atoms with Crippen molar-refractivity contribution >= 4 is 0 Å². The van der Waals surface area contributed by atoms with E-state index in [9.17, 15) is 0 Å². The predicted molar refractivity (Wildman–Crippen MR) is 82.2 cm³/mol. The lowest BCUT2D eigenvalue weighted by Crippen LogP contribution is -2.52. The van der Waals surface area contributed by atoms with Crippen LogP contribution >= 0.6 is 0 Å². The Morgan fingerprint density at radius 2 is 1.26 bits per heavy atom. The zero-order valence-corrected chi connectivity index (χ0v) is 13.3. The Morgan fingerprint density at radius 1 is 0.737 bits per heavy atom. The number of rotatable bonds is 9. The molecule has 0 unspecified atom stereocenters. The van der Waals surface area contributed by atoms with Gasteiger partial charge < -0.3 is 16.3 Å². The van der Waals surface area contributed by atoms with E-state index in [0.29, 0.717) is 0 Å². The van der Waals surface area contributed by atoms with Crippen molar-refractivity contribution in [3.63, 3.8) is 0 Å². The van der Waals surface area contributed by atoms with Crippen LogP contribution in [0.25, 0.3) is 0 Å². The van der Waals surface area contributed by atoms with Gasteiger partial charge in [-0.1, -0.05) is 39.5 Å². The summed E-state index contributed by atoms with van der Waals surface area (Å²) in [7, 11) is 0. The Morgan fingerprint density at radius 3 is 1.84 bits per heavy atom. The molecule has 0 radical (unpaired) electrons. The van der Waals surface area contributed by atoms with Gasteiger partial charge in [0.15, 0.2) is 0 Å². The van der Waals surface area contributed by atoms with Crippen LogP contribution in [0.4, 0.5) is 0 Å². The number of nitrogens with zero attached hydrogens (tertiary/aromatic N) is 2. The smallest absolute Gasteiger partial charge is 0.0786 e. The first-order valence-electron chi connectivity index (χ1n) is 8.40. The molecule has 2 heteroatoms. The largest absolute Gasteiger partial charge is 0.512 e. The standard InChI is InChI=1S/C16H34N.CN/c1-3-5-7-8-10-14-17(13-6-4-2)15-11-9-12-16-17;1-2/h3-16H2,1-2H3;/q+1;-1. The normalized spacial score (nSPS) is 17.5. The maximum Gasteiger partial charge on any atom is 0.0786 e. The fraction of sp³-hybridized carbons (Fsp3) is 0.941. The van der Waals surface area contributed by atoms with E-state index in [4.69, 9.17) is 11.8 Å². The van der Waals surface area contributed by atoms with Crippen LogP contribution in [0.15, 0.2) is 0 Å². The highest BCUT2D eigenvalue weighted by Crippen LogP contribution is 2.21. The van der Waals surface area contributed by atoms with Crippen molar-refractivity contribution in [1.29, 1.82) is 5.26 Å². The second-order valence-corrected chi connectivity index (χ2v) is 6.06. The predicted octanol–water partition coefficient (Wildman–Crippen LogP) is 4.85. The SMILES string of the molecule is CCCCCCC[N+]1(CCCC)CCCCC1.[C-]#N. The lowest BCUT2D eigenvalue weighted by atomic mass is 10.0. The fourth-order valence-corrected chi connectivity index (χ4v) is 3.29. The van der Waals surface area contributed by atoms with Gasteiger partial charge in [-0.15, -0.1) is 0 Å². The quantitative estimate of drug-likeness (QED) is 0.332. The van der Waals surface area contributed by atoms with Gasteiger partial charge in [-0.05, 0) is 38.5 Å². The molecule has 1 heterocycles. The summed E-state index contributed by atoms with van der Waals surface area (Å²) in [5.74, 6) is 0.